The molecule has 0 aromatic heterocycles. The highest BCUT2D eigenvalue weighted by molar-refractivity contribution is 7.89. The van der Waals surface area contributed by atoms with Crippen molar-refractivity contribution < 1.29 is 22.0 Å². The molecule has 2 rings (SSSR count). The zero-order chi connectivity index (χ0) is 16.9. The number of hydrogen-bond donors (Lipinski definition) is 2. The van der Waals surface area contributed by atoms with Crippen LogP contribution in [0.1, 0.15) is 6.42 Å². The summed E-state index contributed by atoms with van der Waals surface area (Å²) in [5, 5.41) is 2.35. The second kappa shape index (κ2) is 7.30. The molecule has 8 heteroatoms. The molecule has 0 atom stereocenters. The van der Waals surface area contributed by atoms with Gasteiger partial charge in [0.05, 0.1) is 10.6 Å². The van der Waals surface area contributed by atoms with Gasteiger partial charge >= 0.3 is 0 Å². The van der Waals surface area contributed by atoms with Crippen molar-refractivity contribution >= 4 is 21.6 Å². The average molecular weight is 340 g/mol. The second-order valence-corrected chi connectivity index (χ2v) is 6.40. The third-order valence-electron chi connectivity index (χ3n) is 2.92. The maximum absolute atomic E-state index is 13.4. The van der Waals surface area contributed by atoms with E-state index in [1.165, 1.54) is 18.2 Å². The Labute approximate surface area is 132 Å². The molecular formula is C15H14F2N2O3S. The van der Waals surface area contributed by atoms with Gasteiger partial charge in [0.15, 0.2) is 0 Å². The van der Waals surface area contributed by atoms with Crippen LogP contribution in [0.2, 0.25) is 0 Å². The maximum atomic E-state index is 13.4. The number of amides is 1. The van der Waals surface area contributed by atoms with Crippen molar-refractivity contribution in [3.63, 3.8) is 0 Å². The number of para-hydroxylation sites is 1. The summed E-state index contributed by atoms with van der Waals surface area (Å²) >= 11 is 0. The standard InChI is InChI=1S/C15H14F2N2O3S/c16-11-5-7-12(8-6-11)23(21,22)18-10-9-15(20)19-14-4-2-1-3-13(14)17/h1-8,18H,9-10H2,(H,19,20). The molecule has 0 bridgehead atoms. The van der Waals surface area contributed by atoms with Gasteiger partial charge in [-0.3, -0.25) is 4.79 Å². The fourth-order valence-electron chi connectivity index (χ4n) is 1.77. The smallest absolute Gasteiger partial charge is 0.240 e. The molecule has 2 N–H and O–H groups in total. The number of nitrogens with one attached hydrogen (secondary N) is 2. The fraction of sp³-hybridized carbons (Fsp3) is 0.133. The van der Waals surface area contributed by atoms with Gasteiger partial charge in [0.1, 0.15) is 11.6 Å². The third kappa shape index (κ3) is 4.83. The van der Waals surface area contributed by atoms with Crippen LogP contribution >= 0.6 is 0 Å². The predicted molar refractivity (Wildman–Crippen MR) is 81.2 cm³/mol. The molecular weight excluding hydrogens is 326 g/mol. The van der Waals surface area contributed by atoms with Gasteiger partial charge in [-0.1, -0.05) is 12.1 Å². The van der Waals surface area contributed by atoms with Gasteiger partial charge in [0.2, 0.25) is 15.9 Å². The van der Waals surface area contributed by atoms with Crippen molar-refractivity contribution in [2.24, 2.45) is 0 Å². The lowest BCUT2D eigenvalue weighted by molar-refractivity contribution is -0.116. The van der Waals surface area contributed by atoms with E-state index in [9.17, 15) is 22.0 Å². The van der Waals surface area contributed by atoms with Crippen molar-refractivity contribution in [3.05, 3.63) is 60.2 Å². The summed E-state index contributed by atoms with van der Waals surface area (Å²) in [6, 6.07) is 9.95. The van der Waals surface area contributed by atoms with Gasteiger partial charge in [-0.05, 0) is 36.4 Å². The van der Waals surface area contributed by atoms with Crippen LogP contribution in [0.25, 0.3) is 0 Å². The predicted octanol–water partition coefficient (Wildman–Crippen LogP) is 2.27. The lowest BCUT2D eigenvalue weighted by Gasteiger charge is -2.08. The Kier molecular flexibility index (Phi) is 5.41. The van der Waals surface area contributed by atoms with Crippen LogP contribution in [0.4, 0.5) is 14.5 Å². The molecule has 0 spiro atoms. The monoisotopic (exact) mass is 340 g/mol. The minimum Gasteiger partial charge on any atom is -0.324 e. The molecule has 0 saturated carbocycles. The van der Waals surface area contributed by atoms with Crippen LogP contribution in [0.5, 0.6) is 0 Å². The van der Waals surface area contributed by atoms with E-state index < -0.39 is 27.6 Å². The van der Waals surface area contributed by atoms with E-state index in [4.69, 9.17) is 0 Å². The van der Waals surface area contributed by atoms with E-state index >= 15 is 0 Å². The first-order chi connectivity index (χ1) is 10.9. The van der Waals surface area contributed by atoms with Gasteiger partial charge in [-0.25, -0.2) is 21.9 Å². The zero-order valence-corrected chi connectivity index (χ0v) is 12.7. The summed E-state index contributed by atoms with van der Waals surface area (Å²) in [5.41, 5.74) is 0.0268. The quantitative estimate of drug-likeness (QED) is 0.847. The highest BCUT2D eigenvalue weighted by Crippen LogP contribution is 2.13. The van der Waals surface area contributed by atoms with Crippen molar-refractivity contribution in [3.8, 4) is 0 Å². The van der Waals surface area contributed by atoms with Crippen LogP contribution < -0.4 is 10.0 Å². The van der Waals surface area contributed by atoms with E-state index in [0.29, 0.717) is 0 Å². The van der Waals surface area contributed by atoms with E-state index in [-0.39, 0.29) is 23.5 Å². The lowest BCUT2D eigenvalue weighted by atomic mass is 10.3. The molecule has 2 aromatic rings. The van der Waals surface area contributed by atoms with E-state index in [1.54, 1.807) is 6.07 Å². The topological polar surface area (TPSA) is 75.3 Å². The third-order valence-corrected chi connectivity index (χ3v) is 4.39. The fourth-order valence-corrected chi connectivity index (χ4v) is 2.80. The Balaban J connectivity index is 1.88. The second-order valence-electron chi connectivity index (χ2n) is 4.63. The molecule has 0 heterocycles. The normalized spacial score (nSPS) is 11.2. The summed E-state index contributed by atoms with van der Waals surface area (Å²) in [6.45, 7) is -0.167. The van der Waals surface area contributed by atoms with Crippen LogP contribution in [0.3, 0.4) is 0 Å². The molecule has 0 radical (unpaired) electrons. The van der Waals surface area contributed by atoms with E-state index in [0.717, 1.165) is 24.3 Å². The Morgan fingerprint density at radius 3 is 2.30 bits per heavy atom. The molecule has 23 heavy (non-hydrogen) atoms. The number of anilines is 1. The molecule has 0 saturated heterocycles. The van der Waals surface area contributed by atoms with Gasteiger partial charge in [0, 0.05) is 13.0 Å². The summed E-state index contributed by atoms with van der Waals surface area (Å²) in [6.07, 6.45) is -0.172. The van der Waals surface area contributed by atoms with Crippen LogP contribution in [-0.2, 0) is 14.8 Å². The number of rotatable bonds is 6. The SMILES string of the molecule is O=C(CCNS(=O)(=O)c1ccc(F)cc1)Nc1ccccc1F. The summed E-state index contributed by atoms with van der Waals surface area (Å²) in [4.78, 5) is 11.6. The summed E-state index contributed by atoms with van der Waals surface area (Å²) in [7, 11) is -3.82. The van der Waals surface area contributed by atoms with Gasteiger partial charge in [-0.2, -0.15) is 0 Å². The molecule has 0 aliphatic rings. The van der Waals surface area contributed by atoms with Crippen molar-refractivity contribution in [2.45, 2.75) is 11.3 Å². The minimum atomic E-state index is -3.82. The molecule has 2 aromatic carbocycles. The van der Waals surface area contributed by atoms with Crippen molar-refractivity contribution in [2.75, 3.05) is 11.9 Å². The number of sulfonamides is 1. The molecule has 122 valence electrons. The summed E-state index contributed by atoms with van der Waals surface area (Å²) in [5.74, 6) is -1.65. The number of carbonyl (C=O) groups is 1. The molecule has 0 aliphatic carbocycles. The van der Waals surface area contributed by atoms with Crippen molar-refractivity contribution in [1.82, 2.24) is 4.72 Å². The number of benzene rings is 2. The molecule has 0 unspecified atom stereocenters. The zero-order valence-electron chi connectivity index (χ0n) is 11.9. The van der Waals surface area contributed by atoms with E-state index in [2.05, 4.69) is 10.0 Å². The summed E-state index contributed by atoms with van der Waals surface area (Å²) < 4.78 is 52.2. The Hall–Kier alpha value is -2.32. The maximum Gasteiger partial charge on any atom is 0.240 e. The van der Waals surface area contributed by atoms with Crippen LogP contribution in [-0.4, -0.2) is 20.9 Å². The molecule has 1 amide bonds. The molecule has 0 aliphatic heterocycles. The number of hydrogen-bond acceptors (Lipinski definition) is 3. The van der Waals surface area contributed by atoms with Gasteiger partial charge in [0.25, 0.3) is 0 Å². The highest BCUT2D eigenvalue weighted by Gasteiger charge is 2.14. The van der Waals surface area contributed by atoms with Gasteiger partial charge in [-0.15, -0.1) is 0 Å². The Morgan fingerprint density at radius 2 is 1.65 bits per heavy atom. The van der Waals surface area contributed by atoms with E-state index in [1.807, 2.05) is 0 Å². The number of halogens is 2. The minimum absolute atomic E-state index is 0.0268. The first kappa shape index (κ1) is 17.0. The lowest BCUT2D eigenvalue weighted by Crippen LogP contribution is -2.28. The van der Waals surface area contributed by atoms with Gasteiger partial charge < -0.3 is 5.32 Å². The first-order valence-electron chi connectivity index (χ1n) is 6.68. The highest BCUT2D eigenvalue weighted by atomic mass is 32.2. The van der Waals surface area contributed by atoms with Crippen molar-refractivity contribution in [1.29, 1.82) is 0 Å². The first-order valence-corrected chi connectivity index (χ1v) is 8.16. The molecule has 5 nitrogen and oxygen atoms in total. The Bertz CT molecular complexity index is 793. The number of carbonyl (C=O) groups excluding carboxylic acids is 1. The largest absolute Gasteiger partial charge is 0.324 e. The average Bonchev–Trinajstić information content (AvgIpc) is 2.50. The van der Waals surface area contributed by atoms with Crippen LogP contribution in [0, 0.1) is 11.6 Å². The van der Waals surface area contributed by atoms with Crippen LogP contribution in [0.15, 0.2) is 53.4 Å². The molecule has 0 fully saturated rings. The Morgan fingerprint density at radius 1 is 1.00 bits per heavy atom.